The van der Waals surface area contributed by atoms with Crippen LogP contribution in [0.25, 0.3) is 0 Å². The Hall–Kier alpha value is -1.43. The van der Waals surface area contributed by atoms with Crippen molar-refractivity contribution in [1.29, 1.82) is 0 Å². The Balaban J connectivity index is 2.12. The third-order valence-electron chi connectivity index (χ3n) is 3.51. The van der Waals surface area contributed by atoms with Crippen LogP contribution in [0.3, 0.4) is 0 Å². The molecule has 1 amide bonds. The summed E-state index contributed by atoms with van der Waals surface area (Å²) in [6, 6.07) is 4.36. The number of rotatable bonds is 3. The minimum Gasteiger partial charge on any atom is -0.466 e. The molecule has 6 heteroatoms. The Kier molecular flexibility index (Phi) is 5.33. The summed E-state index contributed by atoms with van der Waals surface area (Å²) in [6.45, 7) is 2.98. The number of benzene rings is 1. The highest BCUT2D eigenvalue weighted by atomic mass is 79.9. The van der Waals surface area contributed by atoms with Crippen LogP contribution in [0.4, 0.5) is 4.39 Å². The summed E-state index contributed by atoms with van der Waals surface area (Å²) in [4.78, 5) is 25.9. The molecule has 0 spiro atoms. The lowest BCUT2D eigenvalue weighted by Crippen LogP contribution is -2.43. The van der Waals surface area contributed by atoms with Gasteiger partial charge in [-0.3, -0.25) is 9.59 Å². The molecule has 114 valence electrons. The van der Waals surface area contributed by atoms with Crippen LogP contribution in [0.1, 0.15) is 30.1 Å². The van der Waals surface area contributed by atoms with Crippen LogP contribution in [0.15, 0.2) is 22.7 Å². The van der Waals surface area contributed by atoms with Gasteiger partial charge >= 0.3 is 5.97 Å². The molecule has 1 atom stereocenters. The zero-order chi connectivity index (χ0) is 15.4. The van der Waals surface area contributed by atoms with Crippen LogP contribution in [-0.4, -0.2) is 36.5 Å². The Bertz CT molecular complexity index is 550. The van der Waals surface area contributed by atoms with E-state index in [4.69, 9.17) is 4.74 Å². The molecule has 1 saturated heterocycles. The van der Waals surface area contributed by atoms with E-state index in [0.717, 1.165) is 6.42 Å². The monoisotopic (exact) mass is 357 g/mol. The number of likely N-dealkylation sites (tertiary alicyclic amines) is 1. The average molecular weight is 358 g/mol. The van der Waals surface area contributed by atoms with Crippen LogP contribution in [0.2, 0.25) is 0 Å². The maximum atomic E-state index is 13.5. The van der Waals surface area contributed by atoms with Gasteiger partial charge in [0.1, 0.15) is 5.82 Å². The molecule has 4 nitrogen and oxygen atoms in total. The summed E-state index contributed by atoms with van der Waals surface area (Å²) in [6.07, 6.45) is 1.45. The highest BCUT2D eigenvalue weighted by Gasteiger charge is 2.30. The van der Waals surface area contributed by atoms with Crippen LogP contribution >= 0.6 is 15.9 Å². The van der Waals surface area contributed by atoms with Gasteiger partial charge < -0.3 is 9.64 Å². The van der Waals surface area contributed by atoms with E-state index in [1.54, 1.807) is 17.9 Å². The van der Waals surface area contributed by atoms with E-state index < -0.39 is 5.82 Å². The maximum absolute atomic E-state index is 13.5. The predicted molar refractivity (Wildman–Crippen MR) is 79.4 cm³/mol. The first-order chi connectivity index (χ1) is 10.0. The summed E-state index contributed by atoms with van der Waals surface area (Å²) in [5, 5.41) is 0. The van der Waals surface area contributed by atoms with E-state index in [1.165, 1.54) is 12.1 Å². The van der Waals surface area contributed by atoms with E-state index in [0.29, 0.717) is 26.1 Å². The molecule has 1 fully saturated rings. The van der Waals surface area contributed by atoms with E-state index in [1.807, 2.05) is 0 Å². The van der Waals surface area contributed by atoms with E-state index in [9.17, 15) is 14.0 Å². The normalized spacial score (nSPS) is 18.4. The Morgan fingerprint density at radius 3 is 2.95 bits per heavy atom. The molecule has 1 aliphatic heterocycles. The van der Waals surface area contributed by atoms with Crippen molar-refractivity contribution >= 4 is 27.8 Å². The lowest BCUT2D eigenvalue weighted by atomic mass is 9.97. The van der Waals surface area contributed by atoms with Gasteiger partial charge in [0, 0.05) is 13.1 Å². The predicted octanol–water partition coefficient (Wildman–Crippen LogP) is 3.00. The Morgan fingerprint density at radius 1 is 1.48 bits per heavy atom. The fourth-order valence-corrected chi connectivity index (χ4v) is 2.89. The summed E-state index contributed by atoms with van der Waals surface area (Å²) in [5.41, 5.74) is 0.277. The molecule has 1 aromatic carbocycles. The van der Waals surface area contributed by atoms with Crippen molar-refractivity contribution in [1.82, 2.24) is 4.90 Å². The van der Waals surface area contributed by atoms with Crippen molar-refractivity contribution in [3.63, 3.8) is 0 Å². The van der Waals surface area contributed by atoms with E-state index >= 15 is 0 Å². The first-order valence-corrected chi connectivity index (χ1v) is 7.73. The molecule has 0 N–H and O–H groups in total. The summed E-state index contributed by atoms with van der Waals surface area (Å²) >= 11 is 3.10. The fourth-order valence-electron chi connectivity index (χ4n) is 2.45. The molecule has 0 aromatic heterocycles. The number of piperidine rings is 1. The first-order valence-electron chi connectivity index (χ1n) is 6.94. The quantitative estimate of drug-likeness (QED) is 0.781. The van der Waals surface area contributed by atoms with Crippen molar-refractivity contribution in [2.75, 3.05) is 19.7 Å². The summed E-state index contributed by atoms with van der Waals surface area (Å²) in [5.74, 6) is -1.31. The van der Waals surface area contributed by atoms with Crippen LogP contribution < -0.4 is 0 Å². The molecule has 0 unspecified atom stereocenters. The third-order valence-corrected chi connectivity index (χ3v) is 4.32. The van der Waals surface area contributed by atoms with Gasteiger partial charge in [0.15, 0.2) is 0 Å². The van der Waals surface area contributed by atoms with Crippen LogP contribution in [0.5, 0.6) is 0 Å². The Morgan fingerprint density at radius 2 is 2.24 bits per heavy atom. The molecule has 0 saturated carbocycles. The molecule has 0 bridgehead atoms. The molecule has 2 rings (SSSR count). The number of esters is 1. The molecule has 1 aromatic rings. The molecular weight excluding hydrogens is 341 g/mol. The second kappa shape index (κ2) is 7.02. The number of ether oxygens (including phenoxy) is 1. The summed E-state index contributed by atoms with van der Waals surface area (Å²) < 4.78 is 18.7. The number of nitrogens with zero attached hydrogens (tertiary/aromatic N) is 1. The molecule has 0 aliphatic carbocycles. The van der Waals surface area contributed by atoms with Crippen molar-refractivity contribution < 1.29 is 18.7 Å². The topological polar surface area (TPSA) is 46.6 Å². The SMILES string of the molecule is CCOC(=O)[C@H]1CCCN(C(=O)c2cccc(F)c2Br)C1. The zero-order valence-electron chi connectivity index (χ0n) is 11.8. The van der Waals surface area contributed by atoms with Crippen molar-refractivity contribution in [2.45, 2.75) is 19.8 Å². The van der Waals surface area contributed by atoms with Crippen molar-refractivity contribution in [3.05, 3.63) is 34.1 Å². The number of amides is 1. The second-order valence-corrected chi connectivity index (χ2v) is 5.74. The summed E-state index contributed by atoms with van der Waals surface area (Å²) in [7, 11) is 0. The van der Waals surface area contributed by atoms with Gasteiger partial charge in [-0.05, 0) is 47.8 Å². The number of halogens is 2. The number of carbonyl (C=O) groups excluding carboxylic acids is 2. The smallest absolute Gasteiger partial charge is 0.310 e. The van der Waals surface area contributed by atoms with E-state index in [-0.39, 0.29) is 27.8 Å². The molecule has 1 heterocycles. The van der Waals surface area contributed by atoms with Crippen LogP contribution in [-0.2, 0) is 9.53 Å². The highest BCUT2D eigenvalue weighted by molar-refractivity contribution is 9.10. The minimum absolute atomic E-state index is 0.160. The third kappa shape index (κ3) is 3.61. The second-order valence-electron chi connectivity index (χ2n) is 4.94. The standard InChI is InChI=1S/C15H17BrFNO3/c1-2-21-15(20)10-5-4-8-18(9-10)14(19)11-6-3-7-12(17)13(11)16/h3,6-7,10H,2,4-5,8-9H2,1H3/t10-/m0/s1. The lowest BCUT2D eigenvalue weighted by Gasteiger charge is -2.31. The van der Waals surface area contributed by atoms with Crippen LogP contribution in [0, 0.1) is 11.7 Å². The zero-order valence-corrected chi connectivity index (χ0v) is 13.4. The lowest BCUT2D eigenvalue weighted by molar-refractivity contribution is -0.149. The van der Waals surface area contributed by atoms with Crippen molar-refractivity contribution in [3.8, 4) is 0 Å². The van der Waals surface area contributed by atoms with E-state index in [2.05, 4.69) is 15.9 Å². The van der Waals surface area contributed by atoms with Gasteiger partial charge in [-0.1, -0.05) is 6.07 Å². The first kappa shape index (κ1) is 15.9. The fraction of sp³-hybridized carbons (Fsp3) is 0.467. The van der Waals surface area contributed by atoms with Crippen molar-refractivity contribution in [2.24, 2.45) is 5.92 Å². The molecule has 21 heavy (non-hydrogen) atoms. The van der Waals surface area contributed by atoms with Gasteiger partial charge in [-0.15, -0.1) is 0 Å². The average Bonchev–Trinajstić information content (AvgIpc) is 2.50. The maximum Gasteiger partial charge on any atom is 0.310 e. The molecular formula is C15H17BrFNO3. The number of hydrogen-bond acceptors (Lipinski definition) is 3. The Labute approximate surface area is 131 Å². The van der Waals surface area contributed by atoms with Gasteiger partial charge in [-0.25, -0.2) is 4.39 Å². The number of carbonyl (C=O) groups is 2. The minimum atomic E-state index is -0.472. The van der Waals surface area contributed by atoms with Gasteiger partial charge in [-0.2, -0.15) is 0 Å². The number of hydrogen-bond donors (Lipinski definition) is 0. The van der Waals surface area contributed by atoms with Gasteiger partial charge in [0.05, 0.1) is 22.6 Å². The molecule has 0 radical (unpaired) electrons. The molecule has 1 aliphatic rings. The van der Waals surface area contributed by atoms with Gasteiger partial charge in [0.2, 0.25) is 0 Å². The van der Waals surface area contributed by atoms with Gasteiger partial charge in [0.25, 0.3) is 5.91 Å². The largest absolute Gasteiger partial charge is 0.466 e. The highest BCUT2D eigenvalue weighted by Crippen LogP contribution is 2.25.